The van der Waals surface area contributed by atoms with Gasteiger partial charge in [0.15, 0.2) is 11.5 Å². The minimum absolute atomic E-state index is 0. The Balaban J connectivity index is 0.00000171. The second-order valence-corrected chi connectivity index (χ2v) is 8.41. The molecule has 3 aliphatic rings. The first-order valence-corrected chi connectivity index (χ1v) is 10.5. The maximum atomic E-state index is 11.5. The molecular formula is C21H34Cl2N4O4. The predicted molar refractivity (Wildman–Crippen MR) is 124 cm³/mol. The van der Waals surface area contributed by atoms with Crippen molar-refractivity contribution in [3.05, 3.63) is 23.8 Å². The molecule has 3 aliphatic heterocycles. The standard InChI is InChI=1S/C21H32N4O4.2ClH/c1-28-20-6-15(9-24-5-4-23-21(27)13-24)2-3-19(20)29-14-18(26)12-25-10-16-7-22-8-17(16)11-25;;/h2-3,6,16-18,22,26H,4-5,7-14H2,1H3,(H,23,27);2*1H/t16-,17+,18?;;. The second-order valence-electron chi connectivity index (χ2n) is 8.41. The first kappa shape index (κ1) is 26.0. The number of rotatable bonds is 8. The molecule has 3 heterocycles. The molecular weight excluding hydrogens is 443 g/mol. The molecule has 3 fully saturated rings. The second kappa shape index (κ2) is 12.1. The number of nitrogens with one attached hydrogen (secondary N) is 2. The lowest BCUT2D eigenvalue weighted by Crippen LogP contribution is -2.47. The van der Waals surface area contributed by atoms with Gasteiger partial charge in [0.05, 0.1) is 13.7 Å². The average molecular weight is 477 g/mol. The van der Waals surface area contributed by atoms with E-state index in [2.05, 4.69) is 20.4 Å². The third-order valence-corrected chi connectivity index (χ3v) is 6.12. The summed E-state index contributed by atoms with van der Waals surface area (Å²) in [6.45, 7) is 7.83. The van der Waals surface area contributed by atoms with E-state index in [1.807, 2.05) is 18.2 Å². The fourth-order valence-electron chi connectivity index (χ4n) is 4.65. The summed E-state index contributed by atoms with van der Waals surface area (Å²) in [5, 5.41) is 16.7. The number of ether oxygens (including phenoxy) is 2. The molecule has 0 aromatic heterocycles. The lowest BCUT2D eigenvalue weighted by Gasteiger charge is -2.26. The highest BCUT2D eigenvalue weighted by molar-refractivity contribution is 5.85. The van der Waals surface area contributed by atoms with Crippen molar-refractivity contribution in [1.82, 2.24) is 20.4 Å². The number of halogens is 2. The minimum atomic E-state index is -0.530. The fraction of sp³-hybridized carbons (Fsp3) is 0.667. The van der Waals surface area contributed by atoms with Gasteiger partial charge in [0.1, 0.15) is 12.7 Å². The Bertz CT molecular complexity index is 715. The maximum absolute atomic E-state index is 11.5. The van der Waals surface area contributed by atoms with Gasteiger partial charge in [0, 0.05) is 39.3 Å². The molecule has 1 unspecified atom stereocenters. The summed E-state index contributed by atoms with van der Waals surface area (Å²) in [5.74, 6) is 2.80. The van der Waals surface area contributed by atoms with Crippen LogP contribution in [0.15, 0.2) is 18.2 Å². The molecule has 4 rings (SSSR count). The topological polar surface area (TPSA) is 86.3 Å². The third kappa shape index (κ3) is 6.84. The van der Waals surface area contributed by atoms with E-state index in [0.29, 0.717) is 37.7 Å². The Labute approximate surface area is 196 Å². The Kier molecular flexibility index (Phi) is 10.1. The van der Waals surface area contributed by atoms with Crippen LogP contribution in [0, 0.1) is 11.8 Å². The van der Waals surface area contributed by atoms with Gasteiger partial charge in [-0.1, -0.05) is 6.07 Å². The Morgan fingerprint density at radius 2 is 1.90 bits per heavy atom. The number of nitrogens with zero attached hydrogens (tertiary/aromatic N) is 2. The Morgan fingerprint density at radius 3 is 2.58 bits per heavy atom. The summed E-state index contributed by atoms with van der Waals surface area (Å²) in [7, 11) is 1.62. The van der Waals surface area contributed by atoms with Crippen molar-refractivity contribution in [3.63, 3.8) is 0 Å². The zero-order chi connectivity index (χ0) is 20.2. The molecule has 1 amide bonds. The summed E-state index contributed by atoms with van der Waals surface area (Å²) >= 11 is 0. The van der Waals surface area contributed by atoms with Gasteiger partial charge in [-0.3, -0.25) is 14.6 Å². The quantitative estimate of drug-likeness (QED) is 0.499. The van der Waals surface area contributed by atoms with Gasteiger partial charge in [-0.15, -0.1) is 24.8 Å². The summed E-state index contributed by atoms with van der Waals surface area (Å²) in [4.78, 5) is 16.0. The smallest absolute Gasteiger partial charge is 0.234 e. The molecule has 3 saturated heterocycles. The average Bonchev–Trinajstić information content (AvgIpc) is 3.28. The lowest BCUT2D eigenvalue weighted by atomic mass is 10.0. The van der Waals surface area contributed by atoms with E-state index in [9.17, 15) is 9.90 Å². The van der Waals surface area contributed by atoms with Gasteiger partial charge < -0.3 is 25.2 Å². The van der Waals surface area contributed by atoms with E-state index < -0.39 is 6.10 Å². The van der Waals surface area contributed by atoms with Crippen LogP contribution in [0.4, 0.5) is 0 Å². The molecule has 31 heavy (non-hydrogen) atoms. The van der Waals surface area contributed by atoms with Crippen LogP contribution in [-0.4, -0.2) is 93.0 Å². The predicted octanol–water partition coefficient (Wildman–Crippen LogP) is 0.362. The number of β-amino-alcohol motifs (C(OH)–C–C–N with tert-alkyl or cyclic N) is 1. The number of benzene rings is 1. The molecule has 0 spiro atoms. The number of aliphatic hydroxyl groups excluding tert-OH is 1. The van der Waals surface area contributed by atoms with Crippen molar-refractivity contribution >= 4 is 30.7 Å². The molecule has 3 atom stereocenters. The van der Waals surface area contributed by atoms with Crippen LogP contribution in [0.25, 0.3) is 0 Å². The number of fused-ring (bicyclic) bond motifs is 1. The van der Waals surface area contributed by atoms with Crippen LogP contribution in [0.3, 0.4) is 0 Å². The van der Waals surface area contributed by atoms with Gasteiger partial charge in [-0.05, 0) is 42.6 Å². The Hall–Kier alpha value is -1.29. The van der Waals surface area contributed by atoms with Crippen molar-refractivity contribution in [2.45, 2.75) is 12.6 Å². The van der Waals surface area contributed by atoms with Crippen LogP contribution in [-0.2, 0) is 11.3 Å². The highest BCUT2D eigenvalue weighted by atomic mass is 35.5. The van der Waals surface area contributed by atoms with E-state index in [1.54, 1.807) is 7.11 Å². The van der Waals surface area contributed by atoms with Gasteiger partial charge in [-0.2, -0.15) is 0 Å². The van der Waals surface area contributed by atoms with Crippen molar-refractivity contribution in [2.75, 3.05) is 66.1 Å². The van der Waals surface area contributed by atoms with Crippen molar-refractivity contribution in [2.24, 2.45) is 11.8 Å². The maximum Gasteiger partial charge on any atom is 0.234 e. The van der Waals surface area contributed by atoms with E-state index in [1.165, 1.54) is 0 Å². The zero-order valence-electron chi connectivity index (χ0n) is 17.9. The summed E-state index contributed by atoms with van der Waals surface area (Å²) < 4.78 is 11.4. The molecule has 1 aromatic rings. The van der Waals surface area contributed by atoms with Gasteiger partial charge in [-0.25, -0.2) is 0 Å². The van der Waals surface area contributed by atoms with Crippen molar-refractivity contribution in [3.8, 4) is 11.5 Å². The normalized spacial score (nSPS) is 24.5. The number of carbonyl (C=O) groups is 1. The third-order valence-electron chi connectivity index (χ3n) is 6.12. The molecule has 0 saturated carbocycles. The van der Waals surface area contributed by atoms with Gasteiger partial charge in [0.2, 0.25) is 5.91 Å². The largest absolute Gasteiger partial charge is 0.493 e. The first-order chi connectivity index (χ1) is 14.1. The fourth-order valence-corrected chi connectivity index (χ4v) is 4.65. The molecule has 0 radical (unpaired) electrons. The van der Waals surface area contributed by atoms with Crippen LogP contribution < -0.4 is 20.1 Å². The number of likely N-dealkylation sites (tertiary alicyclic amines) is 1. The van der Waals surface area contributed by atoms with E-state index in [0.717, 1.165) is 50.1 Å². The molecule has 3 N–H and O–H groups in total. The summed E-state index contributed by atoms with van der Waals surface area (Å²) in [5.41, 5.74) is 1.07. The Morgan fingerprint density at radius 1 is 1.16 bits per heavy atom. The van der Waals surface area contributed by atoms with Crippen LogP contribution in [0.5, 0.6) is 11.5 Å². The number of piperazine rings is 1. The molecule has 176 valence electrons. The molecule has 8 nitrogen and oxygen atoms in total. The first-order valence-electron chi connectivity index (χ1n) is 10.5. The number of hydrogen-bond acceptors (Lipinski definition) is 7. The van der Waals surface area contributed by atoms with E-state index in [4.69, 9.17) is 9.47 Å². The van der Waals surface area contributed by atoms with Gasteiger partial charge >= 0.3 is 0 Å². The van der Waals surface area contributed by atoms with E-state index >= 15 is 0 Å². The summed E-state index contributed by atoms with van der Waals surface area (Å²) in [6, 6.07) is 5.82. The minimum Gasteiger partial charge on any atom is -0.493 e. The van der Waals surface area contributed by atoms with E-state index in [-0.39, 0.29) is 37.3 Å². The highest BCUT2D eigenvalue weighted by Gasteiger charge is 2.36. The number of aliphatic hydroxyl groups is 1. The van der Waals surface area contributed by atoms with Crippen LogP contribution in [0.2, 0.25) is 0 Å². The number of hydrogen-bond donors (Lipinski definition) is 3. The van der Waals surface area contributed by atoms with Gasteiger partial charge in [0.25, 0.3) is 0 Å². The number of methoxy groups -OCH3 is 1. The SMILES string of the molecule is COc1cc(CN2CCNC(=O)C2)ccc1OCC(O)CN1C[C@H]2CNC[C@H]2C1.Cl.Cl. The molecule has 0 bridgehead atoms. The zero-order valence-corrected chi connectivity index (χ0v) is 19.6. The monoisotopic (exact) mass is 476 g/mol. The number of carbonyl (C=O) groups excluding carboxylic acids is 1. The molecule has 10 heteroatoms. The van der Waals surface area contributed by atoms with Crippen LogP contribution in [0.1, 0.15) is 5.56 Å². The lowest BCUT2D eigenvalue weighted by molar-refractivity contribution is -0.124. The molecule has 1 aromatic carbocycles. The number of amides is 1. The van der Waals surface area contributed by atoms with Crippen molar-refractivity contribution < 1.29 is 19.4 Å². The van der Waals surface area contributed by atoms with Crippen molar-refractivity contribution in [1.29, 1.82) is 0 Å². The summed E-state index contributed by atoms with van der Waals surface area (Å²) in [6.07, 6.45) is -0.530. The van der Waals surface area contributed by atoms with Crippen LogP contribution >= 0.6 is 24.8 Å². The molecule has 0 aliphatic carbocycles. The highest BCUT2D eigenvalue weighted by Crippen LogP contribution is 2.29.